The summed E-state index contributed by atoms with van der Waals surface area (Å²) < 4.78 is 5.10. The summed E-state index contributed by atoms with van der Waals surface area (Å²) in [7, 11) is 1.71. The van der Waals surface area contributed by atoms with Crippen LogP contribution < -0.4 is 4.90 Å². The molecule has 0 spiro atoms. The van der Waals surface area contributed by atoms with Gasteiger partial charge in [-0.2, -0.15) is 5.26 Å². The molecule has 1 fully saturated rings. The fraction of sp³-hybridized carbons (Fsp3) is 0.500. The van der Waals surface area contributed by atoms with E-state index in [0.29, 0.717) is 11.1 Å². The molecule has 1 aromatic rings. The molecular formula is C16H21N3O2. The van der Waals surface area contributed by atoms with Gasteiger partial charge in [-0.1, -0.05) is 0 Å². The van der Waals surface area contributed by atoms with Crippen molar-refractivity contribution < 1.29 is 9.53 Å². The van der Waals surface area contributed by atoms with Crippen molar-refractivity contribution in [1.82, 2.24) is 4.90 Å². The second kappa shape index (κ2) is 7.21. The van der Waals surface area contributed by atoms with Gasteiger partial charge in [-0.05, 0) is 25.1 Å². The molecular weight excluding hydrogens is 266 g/mol. The van der Waals surface area contributed by atoms with Crippen molar-refractivity contribution in [3.63, 3.8) is 0 Å². The Morgan fingerprint density at radius 1 is 1.33 bits per heavy atom. The highest BCUT2D eigenvalue weighted by Crippen LogP contribution is 2.24. The first-order chi connectivity index (χ1) is 10.2. The molecule has 5 heteroatoms. The summed E-state index contributed by atoms with van der Waals surface area (Å²) in [5, 5.41) is 9.05. The highest BCUT2D eigenvalue weighted by molar-refractivity contribution is 6.00. The largest absolute Gasteiger partial charge is 0.383 e. The Labute approximate surface area is 125 Å². The van der Waals surface area contributed by atoms with Crippen LogP contribution >= 0.6 is 0 Å². The van der Waals surface area contributed by atoms with Crippen molar-refractivity contribution in [2.75, 3.05) is 51.3 Å². The number of ketones is 1. The van der Waals surface area contributed by atoms with Crippen LogP contribution in [0.3, 0.4) is 0 Å². The molecule has 0 amide bonds. The number of Topliss-reactive ketones (excluding diaryl/α,β-unsaturated/α-hetero) is 1. The lowest BCUT2D eigenvalue weighted by Crippen LogP contribution is -2.47. The van der Waals surface area contributed by atoms with E-state index in [-0.39, 0.29) is 5.78 Å². The molecule has 0 aromatic heterocycles. The first kappa shape index (κ1) is 15.5. The Balaban J connectivity index is 2.12. The van der Waals surface area contributed by atoms with Crippen molar-refractivity contribution in [2.45, 2.75) is 6.92 Å². The third-order valence-corrected chi connectivity index (χ3v) is 3.83. The monoisotopic (exact) mass is 287 g/mol. The van der Waals surface area contributed by atoms with Crippen LogP contribution in [0.15, 0.2) is 18.2 Å². The molecule has 0 unspecified atom stereocenters. The molecule has 1 heterocycles. The number of anilines is 1. The number of benzene rings is 1. The van der Waals surface area contributed by atoms with Crippen LogP contribution in [0.4, 0.5) is 5.69 Å². The van der Waals surface area contributed by atoms with Crippen molar-refractivity contribution in [1.29, 1.82) is 5.26 Å². The maximum Gasteiger partial charge on any atom is 0.161 e. The number of nitrogens with zero attached hydrogens (tertiary/aromatic N) is 3. The molecule has 21 heavy (non-hydrogen) atoms. The molecule has 5 nitrogen and oxygen atoms in total. The highest BCUT2D eigenvalue weighted by atomic mass is 16.5. The summed E-state index contributed by atoms with van der Waals surface area (Å²) in [6.07, 6.45) is 0. The van der Waals surface area contributed by atoms with Gasteiger partial charge in [-0.3, -0.25) is 9.69 Å². The average molecular weight is 287 g/mol. The fourth-order valence-corrected chi connectivity index (χ4v) is 2.59. The number of piperazine rings is 1. The molecule has 2 rings (SSSR count). The summed E-state index contributed by atoms with van der Waals surface area (Å²) in [6, 6.07) is 7.43. The van der Waals surface area contributed by atoms with Crippen molar-refractivity contribution in [3.8, 4) is 6.07 Å². The number of hydrogen-bond donors (Lipinski definition) is 0. The zero-order valence-corrected chi connectivity index (χ0v) is 12.6. The van der Waals surface area contributed by atoms with Crippen molar-refractivity contribution in [2.24, 2.45) is 0 Å². The Morgan fingerprint density at radius 2 is 2.05 bits per heavy atom. The van der Waals surface area contributed by atoms with Gasteiger partial charge in [0.05, 0.1) is 18.2 Å². The third-order valence-electron chi connectivity index (χ3n) is 3.83. The minimum absolute atomic E-state index is 0.0382. The van der Waals surface area contributed by atoms with Crippen molar-refractivity contribution in [3.05, 3.63) is 29.3 Å². The van der Waals surface area contributed by atoms with Gasteiger partial charge in [-0.25, -0.2) is 0 Å². The minimum Gasteiger partial charge on any atom is -0.383 e. The van der Waals surface area contributed by atoms with E-state index in [1.165, 1.54) is 0 Å². The molecule has 0 radical (unpaired) electrons. The summed E-state index contributed by atoms with van der Waals surface area (Å²) in [5.74, 6) is 0.0382. The van der Waals surface area contributed by atoms with E-state index >= 15 is 0 Å². The van der Waals surface area contributed by atoms with Gasteiger partial charge in [0.25, 0.3) is 0 Å². The van der Waals surface area contributed by atoms with E-state index in [1.807, 2.05) is 6.07 Å². The minimum atomic E-state index is 0.0382. The second-order valence-electron chi connectivity index (χ2n) is 5.22. The molecule has 0 aliphatic carbocycles. The van der Waals surface area contributed by atoms with Gasteiger partial charge in [0.2, 0.25) is 0 Å². The first-order valence-corrected chi connectivity index (χ1v) is 7.17. The number of rotatable bonds is 5. The molecule has 1 aliphatic heterocycles. The Bertz CT molecular complexity index is 543. The highest BCUT2D eigenvalue weighted by Gasteiger charge is 2.20. The Morgan fingerprint density at radius 3 is 2.62 bits per heavy atom. The number of carbonyl (C=O) groups excluding carboxylic acids is 1. The van der Waals surface area contributed by atoms with Gasteiger partial charge >= 0.3 is 0 Å². The Hall–Kier alpha value is -1.90. The van der Waals surface area contributed by atoms with E-state index in [2.05, 4.69) is 15.9 Å². The standard InChI is InChI=1S/C16H21N3O2/c1-13(20)15-4-3-14(12-17)11-16(15)19-7-5-18(6-8-19)9-10-21-2/h3-4,11H,5-10H2,1-2H3. The van der Waals surface area contributed by atoms with E-state index < -0.39 is 0 Å². The number of methoxy groups -OCH3 is 1. The lowest BCUT2D eigenvalue weighted by Gasteiger charge is -2.36. The van der Waals surface area contributed by atoms with Crippen LogP contribution in [0.2, 0.25) is 0 Å². The van der Waals surface area contributed by atoms with E-state index in [0.717, 1.165) is 45.0 Å². The lowest BCUT2D eigenvalue weighted by atomic mass is 10.0. The van der Waals surface area contributed by atoms with Gasteiger partial charge in [0, 0.05) is 51.1 Å². The Kier molecular flexibility index (Phi) is 5.32. The molecule has 0 N–H and O–H groups in total. The van der Waals surface area contributed by atoms with Crippen LogP contribution in [-0.2, 0) is 4.74 Å². The lowest BCUT2D eigenvalue weighted by molar-refractivity contribution is 0.101. The fourth-order valence-electron chi connectivity index (χ4n) is 2.59. The second-order valence-corrected chi connectivity index (χ2v) is 5.22. The van der Waals surface area contributed by atoms with Crippen LogP contribution in [0, 0.1) is 11.3 Å². The van der Waals surface area contributed by atoms with Gasteiger partial charge in [0.1, 0.15) is 0 Å². The number of nitriles is 1. The van der Waals surface area contributed by atoms with Crippen LogP contribution in [0.1, 0.15) is 22.8 Å². The van der Waals surface area contributed by atoms with E-state index in [4.69, 9.17) is 10.00 Å². The van der Waals surface area contributed by atoms with Crippen LogP contribution in [0.25, 0.3) is 0 Å². The number of carbonyl (C=O) groups is 1. The molecule has 0 saturated carbocycles. The zero-order chi connectivity index (χ0) is 15.2. The topological polar surface area (TPSA) is 56.6 Å². The quantitative estimate of drug-likeness (QED) is 0.769. The molecule has 1 saturated heterocycles. The van der Waals surface area contributed by atoms with Gasteiger partial charge in [0.15, 0.2) is 5.78 Å². The first-order valence-electron chi connectivity index (χ1n) is 7.17. The molecule has 1 aromatic carbocycles. The average Bonchev–Trinajstić information content (AvgIpc) is 2.52. The predicted molar refractivity (Wildman–Crippen MR) is 81.7 cm³/mol. The SMILES string of the molecule is COCCN1CCN(c2cc(C#N)ccc2C(C)=O)CC1. The summed E-state index contributed by atoms with van der Waals surface area (Å²) in [5.41, 5.74) is 2.17. The van der Waals surface area contributed by atoms with Crippen molar-refractivity contribution >= 4 is 11.5 Å². The zero-order valence-electron chi connectivity index (χ0n) is 12.6. The number of ether oxygens (including phenoxy) is 1. The molecule has 1 aliphatic rings. The third kappa shape index (κ3) is 3.81. The summed E-state index contributed by atoms with van der Waals surface area (Å²) in [6.45, 7) is 6.84. The maximum absolute atomic E-state index is 11.8. The van der Waals surface area contributed by atoms with Gasteiger partial charge in [-0.15, -0.1) is 0 Å². The van der Waals surface area contributed by atoms with Crippen LogP contribution in [-0.4, -0.2) is 57.1 Å². The van der Waals surface area contributed by atoms with Gasteiger partial charge < -0.3 is 9.64 Å². The van der Waals surface area contributed by atoms with E-state index in [9.17, 15) is 4.79 Å². The van der Waals surface area contributed by atoms with E-state index in [1.54, 1.807) is 26.2 Å². The smallest absolute Gasteiger partial charge is 0.161 e. The summed E-state index contributed by atoms with van der Waals surface area (Å²) in [4.78, 5) is 16.3. The maximum atomic E-state index is 11.8. The molecule has 0 atom stereocenters. The normalized spacial score (nSPS) is 15.8. The van der Waals surface area contributed by atoms with Crippen LogP contribution in [0.5, 0.6) is 0 Å². The predicted octanol–water partition coefficient (Wildman–Crippen LogP) is 1.53. The molecule has 0 bridgehead atoms. The summed E-state index contributed by atoms with van der Waals surface area (Å²) >= 11 is 0. The molecule has 112 valence electrons. The number of hydrogen-bond acceptors (Lipinski definition) is 5.